The van der Waals surface area contributed by atoms with Crippen molar-refractivity contribution in [2.75, 3.05) is 26.2 Å². The quantitative estimate of drug-likeness (QED) is 0.869. The molecule has 124 valence electrons. The van der Waals surface area contributed by atoms with E-state index in [0.717, 1.165) is 45.2 Å². The number of hydrogen-bond donors (Lipinski definition) is 1. The van der Waals surface area contributed by atoms with Crippen molar-refractivity contribution in [1.29, 1.82) is 0 Å². The molecule has 1 aromatic heterocycles. The standard InChI is InChI=1S/C17H30N4O/c1-2-20-9-8-18-17(20)14-19-10-11-21(15-5-3-4-6-15)16(13-19)7-12-22/h8-9,15-16,22H,2-7,10-14H2,1H3. The maximum atomic E-state index is 9.44. The zero-order valence-corrected chi connectivity index (χ0v) is 13.8. The smallest absolute Gasteiger partial charge is 0.122 e. The fourth-order valence-corrected chi connectivity index (χ4v) is 4.18. The van der Waals surface area contributed by atoms with Crippen molar-refractivity contribution < 1.29 is 5.11 Å². The Labute approximate surface area is 133 Å². The van der Waals surface area contributed by atoms with Crippen LogP contribution in [0.2, 0.25) is 0 Å². The Hall–Kier alpha value is -0.910. The van der Waals surface area contributed by atoms with Gasteiger partial charge in [0.2, 0.25) is 0 Å². The van der Waals surface area contributed by atoms with Gasteiger partial charge in [-0.1, -0.05) is 12.8 Å². The predicted molar refractivity (Wildman–Crippen MR) is 87.6 cm³/mol. The first-order chi connectivity index (χ1) is 10.8. The molecule has 3 rings (SSSR count). The van der Waals surface area contributed by atoms with Crippen LogP contribution in [0.1, 0.15) is 44.9 Å². The van der Waals surface area contributed by atoms with E-state index in [2.05, 4.69) is 32.5 Å². The number of aromatic nitrogens is 2. The molecule has 0 radical (unpaired) electrons. The molecule has 0 spiro atoms. The van der Waals surface area contributed by atoms with E-state index in [1.165, 1.54) is 31.5 Å². The lowest BCUT2D eigenvalue weighted by Crippen LogP contribution is -2.56. The Morgan fingerprint density at radius 1 is 1.27 bits per heavy atom. The van der Waals surface area contributed by atoms with Crippen molar-refractivity contribution >= 4 is 0 Å². The Morgan fingerprint density at radius 2 is 2.09 bits per heavy atom. The largest absolute Gasteiger partial charge is 0.396 e. The average Bonchev–Trinajstić information content (AvgIpc) is 3.19. The van der Waals surface area contributed by atoms with Crippen LogP contribution >= 0.6 is 0 Å². The highest BCUT2D eigenvalue weighted by Crippen LogP contribution is 2.28. The second-order valence-electron chi connectivity index (χ2n) is 6.71. The second-order valence-corrected chi connectivity index (χ2v) is 6.71. The third kappa shape index (κ3) is 3.53. The molecule has 1 aromatic rings. The zero-order chi connectivity index (χ0) is 15.4. The highest BCUT2D eigenvalue weighted by Gasteiger charge is 2.33. The number of hydrogen-bond acceptors (Lipinski definition) is 4. The van der Waals surface area contributed by atoms with Crippen molar-refractivity contribution in [3.63, 3.8) is 0 Å². The van der Waals surface area contributed by atoms with Crippen molar-refractivity contribution in [3.8, 4) is 0 Å². The van der Waals surface area contributed by atoms with Crippen LogP contribution in [0.15, 0.2) is 12.4 Å². The topological polar surface area (TPSA) is 44.5 Å². The van der Waals surface area contributed by atoms with Crippen molar-refractivity contribution in [2.45, 2.75) is 64.2 Å². The minimum Gasteiger partial charge on any atom is -0.396 e. The van der Waals surface area contributed by atoms with Gasteiger partial charge in [0.25, 0.3) is 0 Å². The van der Waals surface area contributed by atoms with Gasteiger partial charge in [-0.2, -0.15) is 0 Å². The maximum Gasteiger partial charge on any atom is 0.122 e. The van der Waals surface area contributed by atoms with Gasteiger partial charge in [-0.05, 0) is 26.2 Å². The van der Waals surface area contributed by atoms with Gasteiger partial charge in [0.15, 0.2) is 0 Å². The molecule has 1 N–H and O–H groups in total. The summed E-state index contributed by atoms with van der Waals surface area (Å²) in [7, 11) is 0. The van der Waals surface area contributed by atoms with Gasteiger partial charge in [0.1, 0.15) is 5.82 Å². The monoisotopic (exact) mass is 306 g/mol. The number of rotatable bonds is 6. The highest BCUT2D eigenvalue weighted by molar-refractivity contribution is 4.95. The third-order valence-corrected chi connectivity index (χ3v) is 5.38. The van der Waals surface area contributed by atoms with Gasteiger partial charge in [-0.15, -0.1) is 0 Å². The Morgan fingerprint density at radius 3 is 2.82 bits per heavy atom. The summed E-state index contributed by atoms with van der Waals surface area (Å²) in [6, 6.07) is 1.27. The first-order valence-corrected chi connectivity index (χ1v) is 8.90. The van der Waals surface area contributed by atoms with Crippen LogP contribution in [0.25, 0.3) is 0 Å². The van der Waals surface area contributed by atoms with Crippen LogP contribution < -0.4 is 0 Å². The first kappa shape index (κ1) is 16.0. The van der Waals surface area contributed by atoms with E-state index in [-0.39, 0.29) is 0 Å². The molecule has 2 fully saturated rings. The van der Waals surface area contributed by atoms with Crippen LogP contribution in [-0.4, -0.2) is 62.8 Å². The molecule has 22 heavy (non-hydrogen) atoms. The summed E-state index contributed by atoms with van der Waals surface area (Å²) in [5.74, 6) is 1.17. The Bertz CT molecular complexity index is 455. The van der Waals surface area contributed by atoms with E-state index in [1.807, 2.05) is 6.20 Å². The maximum absolute atomic E-state index is 9.44. The van der Waals surface area contributed by atoms with E-state index in [9.17, 15) is 5.11 Å². The lowest BCUT2D eigenvalue weighted by atomic mass is 10.0. The molecule has 0 aromatic carbocycles. The molecule has 1 aliphatic heterocycles. The molecular weight excluding hydrogens is 276 g/mol. The summed E-state index contributed by atoms with van der Waals surface area (Å²) in [5.41, 5.74) is 0. The predicted octanol–water partition coefficient (Wildman–Crippen LogP) is 1.71. The zero-order valence-electron chi connectivity index (χ0n) is 13.8. The van der Waals surface area contributed by atoms with E-state index in [0.29, 0.717) is 12.6 Å². The summed E-state index contributed by atoms with van der Waals surface area (Å²) in [4.78, 5) is 9.71. The van der Waals surface area contributed by atoms with Gasteiger partial charge >= 0.3 is 0 Å². The van der Waals surface area contributed by atoms with Crippen molar-refractivity contribution in [2.24, 2.45) is 0 Å². The van der Waals surface area contributed by atoms with Crippen LogP contribution in [0.5, 0.6) is 0 Å². The van der Waals surface area contributed by atoms with E-state index in [4.69, 9.17) is 0 Å². The molecule has 5 heteroatoms. The SMILES string of the molecule is CCn1ccnc1CN1CCN(C2CCCC2)C(CCO)C1. The minimum atomic E-state index is 0.297. The van der Waals surface area contributed by atoms with Crippen LogP contribution in [0.3, 0.4) is 0 Å². The molecule has 2 aliphatic rings. The Kier molecular flexibility index (Phi) is 5.50. The number of aryl methyl sites for hydroxylation is 1. The van der Waals surface area contributed by atoms with Gasteiger partial charge in [-0.3, -0.25) is 9.80 Å². The van der Waals surface area contributed by atoms with E-state index < -0.39 is 0 Å². The average molecular weight is 306 g/mol. The summed E-state index contributed by atoms with van der Waals surface area (Å²) in [5, 5.41) is 9.44. The summed E-state index contributed by atoms with van der Waals surface area (Å²) >= 11 is 0. The lowest BCUT2D eigenvalue weighted by Gasteiger charge is -2.44. The summed E-state index contributed by atoms with van der Waals surface area (Å²) in [6.07, 6.45) is 10.3. The minimum absolute atomic E-state index is 0.297. The second kappa shape index (κ2) is 7.57. The molecule has 2 heterocycles. The van der Waals surface area contributed by atoms with E-state index in [1.54, 1.807) is 0 Å². The van der Waals surface area contributed by atoms with Crippen LogP contribution in [0, 0.1) is 0 Å². The molecule has 1 atom stereocenters. The number of aliphatic hydroxyl groups is 1. The van der Waals surface area contributed by atoms with Crippen molar-refractivity contribution in [3.05, 3.63) is 18.2 Å². The molecule has 0 amide bonds. The van der Waals surface area contributed by atoms with Crippen LogP contribution in [-0.2, 0) is 13.1 Å². The number of aliphatic hydroxyl groups excluding tert-OH is 1. The Balaban J connectivity index is 1.61. The van der Waals surface area contributed by atoms with E-state index >= 15 is 0 Å². The third-order valence-electron chi connectivity index (χ3n) is 5.38. The van der Waals surface area contributed by atoms with Crippen molar-refractivity contribution in [1.82, 2.24) is 19.4 Å². The number of nitrogens with zero attached hydrogens (tertiary/aromatic N) is 4. The number of piperazine rings is 1. The summed E-state index contributed by atoms with van der Waals surface area (Å²) < 4.78 is 2.23. The molecule has 0 bridgehead atoms. The van der Waals surface area contributed by atoms with Gasteiger partial charge in [0, 0.05) is 57.3 Å². The molecule has 1 saturated carbocycles. The van der Waals surface area contributed by atoms with Gasteiger partial charge in [-0.25, -0.2) is 4.98 Å². The summed E-state index contributed by atoms with van der Waals surface area (Å²) in [6.45, 7) is 7.70. The fourth-order valence-electron chi connectivity index (χ4n) is 4.18. The molecular formula is C17H30N4O. The molecule has 1 unspecified atom stereocenters. The fraction of sp³-hybridized carbons (Fsp3) is 0.824. The van der Waals surface area contributed by atoms with Crippen LogP contribution in [0.4, 0.5) is 0 Å². The molecule has 1 saturated heterocycles. The first-order valence-electron chi connectivity index (χ1n) is 8.90. The lowest BCUT2D eigenvalue weighted by molar-refractivity contribution is 0.0254. The van der Waals surface area contributed by atoms with Gasteiger partial charge < -0.3 is 9.67 Å². The molecule has 5 nitrogen and oxygen atoms in total. The highest BCUT2D eigenvalue weighted by atomic mass is 16.3. The normalized spacial score (nSPS) is 25.1. The number of imidazole rings is 1. The van der Waals surface area contributed by atoms with Gasteiger partial charge in [0.05, 0.1) is 6.54 Å². The molecule has 1 aliphatic carbocycles.